The number of aryl methyl sites for hydroxylation is 1. The van der Waals surface area contributed by atoms with E-state index in [0.717, 1.165) is 4.70 Å². The summed E-state index contributed by atoms with van der Waals surface area (Å²) in [6, 6.07) is 7.77. The summed E-state index contributed by atoms with van der Waals surface area (Å²) >= 11 is 7.31. The lowest BCUT2D eigenvalue weighted by Crippen LogP contribution is -2.21. The highest BCUT2D eigenvalue weighted by molar-refractivity contribution is 7.22. The summed E-state index contributed by atoms with van der Waals surface area (Å²) in [5.74, 6) is -1.34. The first kappa shape index (κ1) is 17.4. The van der Waals surface area contributed by atoms with Crippen molar-refractivity contribution in [1.82, 2.24) is 4.57 Å². The smallest absolute Gasteiger partial charge is 0.354 e. The van der Waals surface area contributed by atoms with Gasteiger partial charge in [-0.3, -0.25) is 4.79 Å². The molecule has 2 heterocycles. The summed E-state index contributed by atoms with van der Waals surface area (Å²) in [6.07, 6.45) is 0. The number of rotatable bonds is 4. The van der Waals surface area contributed by atoms with E-state index in [4.69, 9.17) is 16.3 Å². The molecule has 0 saturated carbocycles. The second kappa shape index (κ2) is 6.85. The molecule has 3 rings (SSSR count). The van der Waals surface area contributed by atoms with E-state index in [0.29, 0.717) is 21.1 Å². The summed E-state index contributed by atoms with van der Waals surface area (Å²) in [6.45, 7) is 1.51. The number of methoxy groups -OCH3 is 1. The average molecular weight is 381 g/mol. The van der Waals surface area contributed by atoms with Gasteiger partial charge in [-0.2, -0.15) is 0 Å². The number of fused-ring (bicyclic) bond motifs is 1. The molecule has 0 bridgehead atoms. The molecule has 0 unspecified atom stereocenters. The van der Waals surface area contributed by atoms with E-state index in [-0.39, 0.29) is 12.2 Å². The van der Waals surface area contributed by atoms with E-state index in [1.807, 2.05) is 0 Å². The third-order valence-electron chi connectivity index (χ3n) is 3.71. The van der Waals surface area contributed by atoms with Crippen LogP contribution in [0.2, 0.25) is 4.34 Å². The molecule has 0 radical (unpaired) electrons. The highest BCUT2D eigenvalue weighted by Crippen LogP contribution is 2.32. The van der Waals surface area contributed by atoms with Gasteiger partial charge >= 0.3 is 5.97 Å². The van der Waals surface area contributed by atoms with Crippen LogP contribution in [0.25, 0.3) is 10.2 Å². The van der Waals surface area contributed by atoms with E-state index in [2.05, 4.69) is 5.32 Å². The highest BCUT2D eigenvalue weighted by Gasteiger charge is 2.20. The van der Waals surface area contributed by atoms with Crippen molar-refractivity contribution < 1.29 is 18.7 Å². The summed E-state index contributed by atoms with van der Waals surface area (Å²) in [7, 11) is 1.27. The molecule has 3 aromatic rings. The van der Waals surface area contributed by atoms with Crippen molar-refractivity contribution in [3.8, 4) is 0 Å². The first-order valence-corrected chi connectivity index (χ1v) is 8.51. The fourth-order valence-corrected chi connectivity index (χ4v) is 3.65. The normalized spacial score (nSPS) is 10.9. The van der Waals surface area contributed by atoms with Gasteiger partial charge in [-0.05, 0) is 36.8 Å². The number of ether oxygens (including phenoxy) is 1. The Bertz CT molecular complexity index is 980. The fraction of sp³-hybridized carbons (Fsp3) is 0.176. The summed E-state index contributed by atoms with van der Waals surface area (Å²) < 4.78 is 21.2. The zero-order valence-corrected chi connectivity index (χ0v) is 15.0. The van der Waals surface area contributed by atoms with Gasteiger partial charge in [-0.1, -0.05) is 17.7 Å². The van der Waals surface area contributed by atoms with Crippen LogP contribution in [-0.2, 0) is 16.1 Å². The monoisotopic (exact) mass is 380 g/mol. The second-order valence-electron chi connectivity index (χ2n) is 5.42. The van der Waals surface area contributed by atoms with Crippen LogP contribution in [0.3, 0.4) is 0 Å². The van der Waals surface area contributed by atoms with Gasteiger partial charge < -0.3 is 14.6 Å². The van der Waals surface area contributed by atoms with Crippen LogP contribution in [0.1, 0.15) is 16.1 Å². The Morgan fingerprint density at radius 1 is 1.32 bits per heavy atom. The maximum Gasteiger partial charge on any atom is 0.354 e. The Labute approximate surface area is 152 Å². The van der Waals surface area contributed by atoms with E-state index >= 15 is 0 Å². The third-order valence-corrected chi connectivity index (χ3v) is 4.91. The van der Waals surface area contributed by atoms with Crippen molar-refractivity contribution in [3.63, 3.8) is 0 Å². The molecule has 130 valence electrons. The molecular formula is C17H14ClFN2O3S. The predicted octanol–water partition coefficient (Wildman–Crippen LogP) is 4.23. The van der Waals surface area contributed by atoms with Crippen molar-refractivity contribution in [2.45, 2.75) is 13.5 Å². The standard InChI is InChI=1S/C17H14ClFN2O3S/c1-9-3-4-10(5-11(9)19)20-16(22)8-21-12-7-15(18)25-14(12)6-13(21)17(23)24-2/h3-7H,8H2,1-2H3,(H,20,22). The van der Waals surface area contributed by atoms with E-state index in [1.165, 1.54) is 29.1 Å². The number of carbonyl (C=O) groups is 2. The van der Waals surface area contributed by atoms with Crippen LogP contribution in [0.4, 0.5) is 10.1 Å². The number of aromatic nitrogens is 1. The van der Waals surface area contributed by atoms with Crippen LogP contribution >= 0.6 is 22.9 Å². The van der Waals surface area contributed by atoms with Crippen molar-refractivity contribution in [3.05, 3.63) is 51.7 Å². The van der Waals surface area contributed by atoms with Crippen LogP contribution in [0, 0.1) is 12.7 Å². The Hall–Kier alpha value is -2.38. The fourth-order valence-electron chi connectivity index (χ4n) is 2.47. The van der Waals surface area contributed by atoms with E-state index < -0.39 is 17.7 Å². The number of benzene rings is 1. The molecule has 1 amide bonds. The van der Waals surface area contributed by atoms with Crippen LogP contribution in [0.5, 0.6) is 0 Å². The number of hydrogen-bond acceptors (Lipinski definition) is 4. The lowest BCUT2D eigenvalue weighted by molar-refractivity contribution is -0.116. The number of thiophene rings is 1. The molecule has 0 spiro atoms. The molecule has 0 saturated heterocycles. The largest absolute Gasteiger partial charge is 0.464 e. The summed E-state index contributed by atoms with van der Waals surface area (Å²) in [4.78, 5) is 24.3. The minimum absolute atomic E-state index is 0.128. The second-order valence-corrected chi connectivity index (χ2v) is 7.13. The number of hydrogen-bond donors (Lipinski definition) is 1. The molecule has 0 aliphatic carbocycles. The maximum atomic E-state index is 13.6. The molecule has 5 nitrogen and oxygen atoms in total. The van der Waals surface area contributed by atoms with E-state index in [1.54, 1.807) is 31.2 Å². The number of halogens is 2. The Kier molecular flexibility index (Phi) is 4.78. The first-order chi connectivity index (χ1) is 11.9. The van der Waals surface area contributed by atoms with Gasteiger partial charge in [-0.25, -0.2) is 9.18 Å². The Morgan fingerprint density at radius 3 is 2.76 bits per heavy atom. The number of esters is 1. The molecule has 8 heteroatoms. The number of anilines is 1. The van der Waals surface area contributed by atoms with Crippen molar-refractivity contribution >= 4 is 50.7 Å². The van der Waals surface area contributed by atoms with Crippen molar-refractivity contribution in [2.75, 3.05) is 12.4 Å². The minimum atomic E-state index is -0.547. The number of nitrogens with one attached hydrogen (secondary N) is 1. The third kappa shape index (κ3) is 3.52. The van der Waals surface area contributed by atoms with Gasteiger partial charge in [0, 0.05) is 5.69 Å². The Morgan fingerprint density at radius 2 is 2.08 bits per heavy atom. The van der Waals surface area contributed by atoms with Crippen LogP contribution in [-0.4, -0.2) is 23.6 Å². The SMILES string of the molecule is COC(=O)c1cc2sc(Cl)cc2n1CC(=O)Nc1ccc(C)c(F)c1. The molecule has 0 atom stereocenters. The summed E-state index contributed by atoms with van der Waals surface area (Å²) in [5.41, 5.74) is 1.76. The average Bonchev–Trinajstić information content (AvgIpc) is 3.07. The van der Waals surface area contributed by atoms with Crippen molar-refractivity contribution in [1.29, 1.82) is 0 Å². The van der Waals surface area contributed by atoms with Gasteiger partial charge in [0.05, 0.1) is 21.7 Å². The number of carbonyl (C=O) groups excluding carboxylic acids is 2. The molecule has 25 heavy (non-hydrogen) atoms. The lowest BCUT2D eigenvalue weighted by Gasteiger charge is -2.10. The topological polar surface area (TPSA) is 60.3 Å². The maximum absolute atomic E-state index is 13.6. The van der Waals surface area contributed by atoms with Gasteiger partial charge in [-0.15, -0.1) is 11.3 Å². The van der Waals surface area contributed by atoms with Crippen LogP contribution in [0.15, 0.2) is 30.3 Å². The summed E-state index contributed by atoms with van der Waals surface area (Å²) in [5, 5.41) is 2.62. The van der Waals surface area contributed by atoms with Crippen molar-refractivity contribution in [2.24, 2.45) is 0 Å². The molecular weight excluding hydrogens is 367 g/mol. The highest BCUT2D eigenvalue weighted by atomic mass is 35.5. The molecule has 2 aromatic heterocycles. The minimum Gasteiger partial charge on any atom is -0.464 e. The number of nitrogens with zero attached hydrogens (tertiary/aromatic N) is 1. The van der Waals surface area contributed by atoms with Gasteiger partial charge in [0.15, 0.2) is 0 Å². The predicted molar refractivity (Wildman–Crippen MR) is 95.9 cm³/mol. The molecule has 0 aliphatic rings. The van der Waals surface area contributed by atoms with E-state index in [9.17, 15) is 14.0 Å². The quantitative estimate of drug-likeness (QED) is 0.689. The zero-order chi connectivity index (χ0) is 18.1. The van der Waals surface area contributed by atoms with Gasteiger partial charge in [0.25, 0.3) is 0 Å². The molecule has 1 aromatic carbocycles. The molecule has 0 fully saturated rings. The first-order valence-electron chi connectivity index (χ1n) is 7.32. The Balaban J connectivity index is 1.89. The number of amides is 1. The molecule has 0 aliphatic heterocycles. The lowest BCUT2D eigenvalue weighted by atomic mass is 10.2. The zero-order valence-electron chi connectivity index (χ0n) is 13.4. The van der Waals surface area contributed by atoms with Crippen LogP contribution < -0.4 is 5.32 Å². The molecule has 1 N–H and O–H groups in total. The van der Waals surface area contributed by atoms with Gasteiger partial charge in [0.2, 0.25) is 5.91 Å². The van der Waals surface area contributed by atoms with Gasteiger partial charge in [0.1, 0.15) is 18.1 Å².